The fraction of sp³-hybridized carbons (Fsp3) is 0.857. The first-order chi connectivity index (χ1) is 6.07. The fourth-order valence-electron chi connectivity index (χ4n) is 0.910. The highest BCUT2D eigenvalue weighted by molar-refractivity contribution is 5.64. The minimum Gasteiger partial charge on any atom is -0.381 e. The van der Waals surface area contributed by atoms with Crippen molar-refractivity contribution in [2.24, 2.45) is 5.73 Å². The molecular weight excluding hydrogens is 176 g/mol. The SMILES string of the molecule is CCCCCC(OC(N)=O)[N+](=O)[O-]. The summed E-state index contributed by atoms with van der Waals surface area (Å²) in [5.74, 6) is 0. The zero-order valence-electron chi connectivity index (χ0n) is 7.56. The molecule has 0 radical (unpaired) electrons. The predicted molar refractivity (Wildman–Crippen MR) is 45.6 cm³/mol. The van der Waals surface area contributed by atoms with E-state index in [0.29, 0.717) is 6.42 Å². The highest BCUT2D eigenvalue weighted by Crippen LogP contribution is 2.07. The number of hydrogen-bond donors (Lipinski definition) is 1. The summed E-state index contributed by atoms with van der Waals surface area (Å²) in [5.41, 5.74) is 4.67. The molecule has 0 heterocycles. The molecule has 6 nitrogen and oxygen atoms in total. The minimum absolute atomic E-state index is 0.226. The zero-order valence-corrected chi connectivity index (χ0v) is 7.56. The van der Waals surface area contributed by atoms with Crippen LogP contribution in [0.3, 0.4) is 0 Å². The molecule has 0 bridgehead atoms. The Hall–Kier alpha value is -1.33. The standard InChI is InChI=1S/C7H14N2O4/c1-2-3-4-5-6(9(11)12)13-7(8)10/h6H,2-5H2,1H3,(H2,8,10). The summed E-state index contributed by atoms with van der Waals surface area (Å²) >= 11 is 0. The van der Waals surface area contributed by atoms with Crippen LogP contribution in [-0.2, 0) is 4.74 Å². The first-order valence-electron chi connectivity index (χ1n) is 4.17. The molecule has 0 rings (SSSR count). The maximum absolute atomic E-state index is 10.3. The molecule has 0 aromatic carbocycles. The Morgan fingerprint density at radius 1 is 1.62 bits per heavy atom. The van der Waals surface area contributed by atoms with Crippen LogP contribution in [0, 0.1) is 10.1 Å². The molecule has 0 aromatic heterocycles. The quantitative estimate of drug-likeness (QED) is 0.295. The molecule has 2 N–H and O–H groups in total. The fourth-order valence-corrected chi connectivity index (χ4v) is 0.910. The van der Waals surface area contributed by atoms with Gasteiger partial charge in [0.15, 0.2) is 0 Å². The number of nitro groups is 1. The Kier molecular flexibility index (Phi) is 5.58. The van der Waals surface area contributed by atoms with Gasteiger partial charge in [0.2, 0.25) is 0 Å². The largest absolute Gasteiger partial charge is 0.409 e. The molecule has 1 unspecified atom stereocenters. The van der Waals surface area contributed by atoms with E-state index in [1.807, 2.05) is 6.92 Å². The third kappa shape index (κ3) is 5.89. The van der Waals surface area contributed by atoms with Crippen molar-refractivity contribution in [1.82, 2.24) is 0 Å². The van der Waals surface area contributed by atoms with Crippen LogP contribution in [0.2, 0.25) is 0 Å². The number of rotatable bonds is 6. The van der Waals surface area contributed by atoms with Gasteiger partial charge >= 0.3 is 12.3 Å². The molecular formula is C7H14N2O4. The number of carbonyl (C=O) groups is 1. The number of carbonyl (C=O) groups excluding carboxylic acids is 1. The van der Waals surface area contributed by atoms with E-state index in [1.165, 1.54) is 0 Å². The van der Waals surface area contributed by atoms with Gasteiger partial charge in [-0.1, -0.05) is 19.8 Å². The van der Waals surface area contributed by atoms with Crippen molar-refractivity contribution >= 4 is 6.09 Å². The van der Waals surface area contributed by atoms with E-state index < -0.39 is 17.2 Å². The van der Waals surface area contributed by atoms with Crippen LogP contribution in [0.15, 0.2) is 0 Å². The monoisotopic (exact) mass is 190 g/mol. The number of nitrogens with two attached hydrogens (primary N) is 1. The third-order valence-electron chi connectivity index (χ3n) is 1.54. The molecule has 0 aliphatic rings. The maximum atomic E-state index is 10.3. The van der Waals surface area contributed by atoms with Crippen LogP contribution >= 0.6 is 0 Å². The van der Waals surface area contributed by atoms with Gasteiger partial charge in [-0.3, -0.25) is 10.1 Å². The van der Waals surface area contributed by atoms with E-state index in [-0.39, 0.29) is 6.42 Å². The number of amides is 1. The molecule has 6 heteroatoms. The lowest BCUT2D eigenvalue weighted by Gasteiger charge is -2.07. The lowest BCUT2D eigenvalue weighted by molar-refractivity contribution is -0.567. The van der Waals surface area contributed by atoms with Crippen LogP contribution in [0.1, 0.15) is 32.6 Å². The molecule has 13 heavy (non-hydrogen) atoms. The smallest absolute Gasteiger partial charge is 0.381 e. The molecule has 0 aliphatic heterocycles. The lowest BCUT2D eigenvalue weighted by Crippen LogP contribution is -2.29. The summed E-state index contributed by atoms with van der Waals surface area (Å²) in [6.07, 6.45) is 0.342. The molecule has 0 aliphatic carbocycles. The van der Waals surface area contributed by atoms with Crippen LogP contribution in [0.5, 0.6) is 0 Å². The maximum Gasteiger partial charge on any atom is 0.409 e. The van der Waals surface area contributed by atoms with Crippen LogP contribution in [0.4, 0.5) is 4.79 Å². The van der Waals surface area contributed by atoms with Gasteiger partial charge in [0.05, 0.1) is 11.3 Å². The Morgan fingerprint density at radius 3 is 2.62 bits per heavy atom. The van der Waals surface area contributed by atoms with Gasteiger partial charge in [0.25, 0.3) is 0 Å². The first-order valence-corrected chi connectivity index (χ1v) is 4.17. The molecule has 1 amide bonds. The van der Waals surface area contributed by atoms with Crippen molar-refractivity contribution in [2.75, 3.05) is 0 Å². The number of ether oxygens (including phenoxy) is 1. The van der Waals surface area contributed by atoms with Gasteiger partial charge in [0.1, 0.15) is 0 Å². The average molecular weight is 190 g/mol. The number of nitrogens with zero attached hydrogens (tertiary/aromatic N) is 1. The van der Waals surface area contributed by atoms with E-state index in [2.05, 4.69) is 10.5 Å². The molecule has 0 saturated heterocycles. The van der Waals surface area contributed by atoms with E-state index in [4.69, 9.17) is 0 Å². The number of unbranched alkanes of at least 4 members (excludes halogenated alkanes) is 2. The van der Waals surface area contributed by atoms with Gasteiger partial charge in [-0.05, 0) is 6.42 Å². The predicted octanol–water partition coefficient (Wildman–Crippen LogP) is 1.26. The van der Waals surface area contributed by atoms with Crippen molar-refractivity contribution in [3.05, 3.63) is 10.1 Å². The van der Waals surface area contributed by atoms with E-state index in [0.717, 1.165) is 12.8 Å². The molecule has 76 valence electrons. The van der Waals surface area contributed by atoms with E-state index >= 15 is 0 Å². The van der Waals surface area contributed by atoms with Gasteiger partial charge in [-0.2, -0.15) is 0 Å². The zero-order chi connectivity index (χ0) is 10.3. The van der Waals surface area contributed by atoms with Crippen LogP contribution in [-0.4, -0.2) is 17.2 Å². The number of hydrogen-bond acceptors (Lipinski definition) is 4. The van der Waals surface area contributed by atoms with Crippen molar-refractivity contribution in [3.63, 3.8) is 0 Å². The van der Waals surface area contributed by atoms with Crippen molar-refractivity contribution in [1.29, 1.82) is 0 Å². The minimum atomic E-state index is -1.29. The van der Waals surface area contributed by atoms with Crippen molar-refractivity contribution < 1.29 is 14.5 Å². The summed E-state index contributed by atoms with van der Waals surface area (Å²) in [7, 11) is 0. The second-order valence-corrected chi connectivity index (χ2v) is 2.67. The Labute approximate surface area is 76.2 Å². The van der Waals surface area contributed by atoms with Gasteiger partial charge in [-0.25, -0.2) is 4.79 Å². The topological polar surface area (TPSA) is 95.5 Å². The second-order valence-electron chi connectivity index (χ2n) is 2.67. The molecule has 0 fully saturated rings. The Bertz CT molecular complexity index is 183. The highest BCUT2D eigenvalue weighted by atomic mass is 16.7. The molecule has 0 saturated carbocycles. The van der Waals surface area contributed by atoms with Crippen LogP contribution in [0.25, 0.3) is 0 Å². The third-order valence-corrected chi connectivity index (χ3v) is 1.54. The van der Waals surface area contributed by atoms with Crippen molar-refractivity contribution in [2.45, 2.75) is 38.8 Å². The average Bonchev–Trinajstić information content (AvgIpc) is 2.02. The van der Waals surface area contributed by atoms with Gasteiger partial charge in [0, 0.05) is 0 Å². The normalized spacial score (nSPS) is 12.1. The second kappa shape index (κ2) is 6.22. The first kappa shape index (κ1) is 11.7. The lowest BCUT2D eigenvalue weighted by atomic mass is 10.2. The summed E-state index contributed by atoms with van der Waals surface area (Å²) < 4.78 is 4.30. The molecule has 1 atom stereocenters. The molecule has 0 aromatic rings. The van der Waals surface area contributed by atoms with Gasteiger partial charge < -0.3 is 10.5 Å². The summed E-state index contributed by atoms with van der Waals surface area (Å²) in [6.45, 7) is 1.98. The summed E-state index contributed by atoms with van der Waals surface area (Å²) in [4.78, 5) is 19.9. The van der Waals surface area contributed by atoms with E-state index in [9.17, 15) is 14.9 Å². The number of primary amides is 1. The Morgan fingerprint density at radius 2 is 2.23 bits per heavy atom. The van der Waals surface area contributed by atoms with Gasteiger partial charge in [-0.15, -0.1) is 0 Å². The summed E-state index contributed by atoms with van der Waals surface area (Å²) in [5, 5.41) is 10.3. The van der Waals surface area contributed by atoms with Crippen LogP contribution < -0.4 is 5.73 Å². The highest BCUT2D eigenvalue weighted by Gasteiger charge is 2.22. The van der Waals surface area contributed by atoms with Crippen molar-refractivity contribution in [3.8, 4) is 0 Å². The summed E-state index contributed by atoms with van der Waals surface area (Å²) in [6, 6.07) is 0. The molecule has 0 spiro atoms. The Balaban J connectivity index is 3.81. The van der Waals surface area contributed by atoms with E-state index in [1.54, 1.807) is 0 Å².